The highest BCUT2D eigenvalue weighted by atomic mass is 19.1. The van der Waals surface area contributed by atoms with Gasteiger partial charge in [0.2, 0.25) is 0 Å². The molecule has 0 aliphatic rings. The molecule has 0 fully saturated rings. The zero-order chi connectivity index (χ0) is 15.0. The van der Waals surface area contributed by atoms with Crippen molar-refractivity contribution in [3.05, 3.63) is 70.7 Å². The molecule has 1 N–H and O–H groups in total. The van der Waals surface area contributed by atoms with Gasteiger partial charge in [0.05, 0.1) is 6.04 Å². The lowest BCUT2D eigenvalue weighted by Crippen LogP contribution is -2.18. The van der Waals surface area contributed by atoms with Crippen LogP contribution in [0, 0.1) is 19.7 Å². The quantitative estimate of drug-likeness (QED) is 0.765. The molecular weight excluding hydrogens is 265 g/mol. The first-order chi connectivity index (χ1) is 10.1. The third-order valence-electron chi connectivity index (χ3n) is 3.80. The average Bonchev–Trinajstić information content (AvgIpc) is 2.87. The summed E-state index contributed by atoms with van der Waals surface area (Å²) in [6.07, 6.45) is 0. The summed E-state index contributed by atoms with van der Waals surface area (Å²) in [6.45, 7) is 3.81. The van der Waals surface area contributed by atoms with Crippen molar-refractivity contribution in [3.63, 3.8) is 0 Å². The van der Waals surface area contributed by atoms with Gasteiger partial charge in [-0.3, -0.25) is 0 Å². The van der Waals surface area contributed by atoms with E-state index in [2.05, 4.69) is 11.4 Å². The van der Waals surface area contributed by atoms with Gasteiger partial charge >= 0.3 is 0 Å². The van der Waals surface area contributed by atoms with Crippen LogP contribution in [-0.2, 0) is 0 Å². The average molecular weight is 283 g/mol. The molecule has 0 saturated carbocycles. The molecule has 21 heavy (non-hydrogen) atoms. The molecule has 1 atom stereocenters. The monoisotopic (exact) mass is 283 g/mol. The largest absolute Gasteiger partial charge is 0.459 e. The predicted octanol–water partition coefficient (Wildman–Crippen LogP) is 4.50. The molecule has 0 spiro atoms. The number of aryl methyl sites for hydroxylation is 2. The van der Waals surface area contributed by atoms with E-state index in [0.717, 1.165) is 16.7 Å². The van der Waals surface area contributed by atoms with Crippen molar-refractivity contribution >= 4 is 11.0 Å². The van der Waals surface area contributed by atoms with Crippen LogP contribution < -0.4 is 5.32 Å². The molecule has 0 amide bonds. The lowest BCUT2D eigenvalue weighted by atomic mass is 10.0. The molecule has 0 saturated heterocycles. The van der Waals surface area contributed by atoms with E-state index in [0.29, 0.717) is 11.1 Å². The second kappa shape index (κ2) is 5.34. The molecule has 108 valence electrons. The Morgan fingerprint density at radius 3 is 2.67 bits per heavy atom. The summed E-state index contributed by atoms with van der Waals surface area (Å²) in [5.41, 5.74) is 3.24. The third kappa shape index (κ3) is 2.45. The van der Waals surface area contributed by atoms with E-state index in [9.17, 15) is 4.39 Å². The molecule has 1 aromatic heterocycles. The number of fused-ring (bicyclic) bond motifs is 1. The van der Waals surface area contributed by atoms with Crippen LogP contribution in [0.4, 0.5) is 4.39 Å². The van der Waals surface area contributed by atoms with Gasteiger partial charge in [0.15, 0.2) is 0 Å². The van der Waals surface area contributed by atoms with E-state index >= 15 is 0 Å². The van der Waals surface area contributed by atoms with E-state index in [4.69, 9.17) is 4.42 Å². The molecule has 3 aromatic rings. The molecule has 0 aliphatic heterocycles. The zero-order valence-electron chi connectivity index (χ0n) is 12.4. The Morgan fingerprint density at radius 2 is 1.90 bits per heavy atom. The van der Waals surface area contributed by atoms with Crippen LogP contribution in [0.3, 0.4) is 0 Å². The van der Waals surface area contributed by atoms with E-state index < -0.39 is 0 Å². The van der Waals surface area contributed by atoms with Gasteiger partial charge in [-0.25, -0.2) is 4.39 Å². The number of hydrogen-bond acceptors (Lipinski definition) is 2. The van der Waals surface area contributed by atoms with Crippen LogP contribution in [0.25, 0.3) is 11.0 Å². The van der Waals surface area contributed by atoms with Crippen molar-refractivity contribution in [2.75, 3.05) is 7.05 Å². The van der Waals surface area contributed by atoms with Crippen LogP contribution in [0.2, 0.25) is 0 Å². The fraction of sp³-hybridized carbons (Fsp3) is 0.222. The Morgan fingerprint density at radius 1 is 1.10 bits per heavy atom. The highest BCUT2D eigenvalue weighted by Crippen LogP contribution is 2.30. The van der Waals surface area contributed by atoms with Crippen LogP contribution >= 0.6 is 0 Å². The van der Waals surface area contributed by atoms with E-state index in [1.54, 1.807) is 19.1 Å². The second-order valence-electron chi connectivity index (χ2n) is 5.39. The van der Waals surface area contributed by atoms with Crippen molar-refractivity contribution in [2.24, 2.45) is 0 Å². The van der Waals surface area contributed by atoms with Gasteiger partial charge in [-0.2, -0.15) is 0 Å². The first kappa shape index (κ1) is 13.8. The van der Waals surface area contributed by atoms with Crippen molar-refractivity contribution < 1.29 is 8.81 Å². The number of benzene rings is 2. The number of rotatable bonds is 3. The maximum atomic E-state index is 14.4. The van der Waals surface area contributed by atoms with Crippen LogP contribution in [0.1, 0.15) is 28.5 Å². The predicted molar refractivity (Wildman–Crippen MR) is 83.0 cm³/mol. The Labute approximate surface area is 123 Å². The van der Waals surface area contributed by atoms with E-state index in [-0.39, 0.29) is 11.9 Å². The van der Waals surface area contributed by atoms with Crippen LogP contribution in [-0.4, -0.2) is 7.05 Å². The molecule has 0 aliphatic carbocycles. The summed E-state index contributed by atoms with van der Waals surface area (Å²) in [7, 11) is 1.81. The maximum Gasteiger partial charge on any atom is 0.134 e. The Bertz CT molecular complexity index is 791. The highest BCUT2D eigenvalue weighted by molar-refractivity contribution is 5.79. The Hall–Kier alpha value is -2.13. The van der Waals surface area contributed by atoms with Crippen molar-refractivity contribution in [3.8, 4) is 0 Å². The molecule has 2 nitrogen and oxygen atoms in total. The minimum absolute atomic E-state index is 0.187. The molecule has 3 heteroatoms. The molecule has 0 radical (unpaired) electrons. The maximum absolute atomic E-state index is 14.4. The lowest BCUT2D eigenvalue weighted by molar-refractivity contribution is 0.475. The SMILES string of the molecule is CNC(c1cc2cc(C)ccc2o1)c1cccc(C)c1F. The molecule has 2 aromatic carbocycles. The van der Waals surface area contributed by atoms with Crippen molar-refractivity contribution in [1.29, 1.82) is 0 Å². The second-order valence-corrected chi connectivity index (χ2v) is 5.39. The van der Waals surface area contributed by atoms with Gasteiger partial charge in [0, 0.05) is 10.9 Å². The fourth-order valence-corrected chi connectivity index (χ4v) is 2.67. The van der Waals surface area contributed by atoms with Crippen LogP contribution in [0.5, 0.6) is 0 Å². The fourth-order valence-electron chi connectivity index (χ4n) is 2.67. The number of furan rings is 1. The Kier molecular flexibility index (Phi) is 3.52. The first-order valence-electron chi connectivity index (χ1n) is 7.02. The smallest absolute Gasteiger partial charge is 0.134 e. The standard InChI is InChI=1S/C18H18FNO/c1-11-7-8-15-13(9-11)10-16(21-15)18(20-3)14-6-4-5-12(2)17(14)19/h4-10,18,20H,1-3H3. The van der Waals surface area contributed by atoms with Crippen molar-refractivity contribution in [2.45, 2.75) is 19.9 Å². The molecule has 1 unspecified atom stereocenters. The zero-order valence-corrected chi connectivity index (χ0v) is 12.4. The molecule has 1 heterocycles. The van der Waals surface area contributed by atoms with Gasteiger partial charge in [-0.15, -0.1) is 0 Å². The van der Waals surface area contributed by atoms with Crippen molar-refractivity contribution in [1.82, 2.24) is 5.32 Å². The summed E-state index contributed by atoms with van der Waals surface area (Å²) >= 11 is 0. The first-order valence-corrected chi connectivity index (χ1v) is 7.02. The topological polar surface area (TPSA) is 25.2 Å². The molecule has 0 bridgehead atoms. The summed E-state index contributed by atoms with van der Waals surface area (Å²) in [5.74, 6) is 0.538. The normalized spacial score (nSPS) is 12.8. The summed E-state index contributed by atoms with van der Waals surface area (Å²) < 4.78 is 20.3. The van der Waals surface area contributed by atoms with Gasteiger partial charge in [-0.1, -0.05) is 29.8 Å². The number of halogens is 1. The van der Waals surface area contributed by atoms with Crippen LogP contribution in [0.15, 0.2) is 46.9 Å². The molecular formula is C18H18FNO. The third-order valence-corrected chi connectivity index (χ3v) is 3.80. The highest BCUT2D eigenvalue weighted by Gasteiger charge is 2.20. The van der Waals surface area contributed by atoms with E-state index in [1.165, 1.54) is 5.56 Å². The summed E-state index contributed by atoms with van der Waals surface area (Å²) in [4.78, 5) is 0. The Balaban J connectivity index is 2.11. The summed E-state index contributed by atoms with van der Waals surface area (Å²) in [5, 5.41) is 4.18. The minimum atomic E-state index is -0.294. The number of hydrogen-bond donors (Lipinski definition) is 1. The van der Waals surface area contributed by atoms with Gasteiger partial charge in [0.25, 0.3) is 0 Å². The van der Waals surface area contributed by atoms with Gasteiger partial charge in [0.1, 0.15) is 17.2 Å². The van der Waals surface area contributed by atoms with Gasteiger partial charge < -0.3 is 9.73 Å². The number of nitrogens with one attached hydrogen (secondary N) is 1. The summed E-state index contributed by atoms with van der Waals surface area (Å²) in [6, 6.07) is 13.1. The van der Waals surface area contributed by atoms with Gasteiger partial charge in [-0.05, 0) is 44.7 Å². The van der Waals surface area contributed by atoms with E-state index in [1.807, 2.05) is 38.2 Å². The minimum Gasteiger partial charge on any atom is -0.459 e. The lowest BCUT2D eigenvalue weighted by Gasteiger charge is -2.15. The molecule has 3 rings (SSSR count).